The van der Waals surface area contributed by atoms with Crippen molar-refractivity contribution >= 4 is 0 Å². The molecule has 0 radical (unpaired) electrons. The number of aryl methyl sites for hydroxylation is 1. The molecule has 2 aromatic rings. The molecule has 1 aromatic heterocycles. The molecule has 0 spiro atoms. The Hall–Kier alpha value is -1.71. The molecule has 0 saturated heterocycles. The first-order chi connectivity index (χ1) is 10.0. The third kappa shape index (κ3) is 4.13. The molecule has 21 heavy (non-hydrogen) atoms. The van der Waals surface area contributed by atoms with Crippen molar-refractivity contribution in [2.24, 2.45) is 5.73 Å². The van der Waals surface area contributed by atoms with Crippen LogP contribution < -0.4 is 5.73 Å². The average molecular weight is 283 g/mol. The zero-order chi connectivity index (χ0) is 15.3. The van der Waals surface area contributed by atoms with Gasteiger partial charge in [-0.3, -0.25) is 9.88 Å². The zero-order valence-corrected chi connectivity index (χ0v) is 13.2. The molecule has 0 aliphatic rings. The fourth-order valence-corrected chi connectivity index (χ4v) is 2.73. The molecule has 3 nitrogen and oxygen atoms in total. The lowest BCUT2D eigenvalue weighted by atomic mass is 9.82. The van der Waals surface area contributed by atoms with Crippen LogP contribution in [0.25, 0.3) is 0 Å². The average Bonchev–Trinajstić information content (AvgIpc) is 2.48. The summed E-state index contributed by atoms with van der Waals surface area (Å²) >= 11 is 0. The van der Waals surface area contributed by atoms with Crippen molar-refractivity contribution in [3.8, 4) is 0 Å². The fraction of sp³-hybridized carbons (Fsp3) is 0.389. The number of rotatable bonds is 6. The van der Waals surface area contributed by atoms with Crippen molar-refractivity contribution in [2.75, 3.05) is 20.1 Å². The summed E-state index contributed by atoms with van der Waals surface area (Å²) in [5.74, 6) is 0. The minimum absolute atomic E-state index is 0.0418. The van der Waals surface area contributed by atoms with E-state index in [1.54, 1.807) is 0 Å². The Labute approximate surface area is 127 Å². The first-order valence-corrected chi connectivity index (χ1v) is 7.40. The van der Waals surface area contributed by atoms with Crippen LogP contribution in [0.5, 0.6) is 0 Å². The van der Waals surface area contributed by atoms with Gasteiger partial charge >= 0.3 is 0 Å². The van der Waals surface area contributed by atoms with E-state index < -0.39 is 0 Å². The van der Waals surface area contributed by atoms with E-state index in [4.69, 9.17) is 5.73 Å². The third-order valence-corrected chi connectivity index (χ3v) is 3.92. The van der Waals surface area contributed by atoms with Gasteiger partial charge in [0, 0.05) is 30.7 Å². The second kappa shape index (κ2) is 6.83. The summed E-state index contributed by atoms with van der Waals surface area (Å²) in [7, 11) is 2.13. The van der Waals surface area contributed by atoms with Crippen LogP contribution in [-0.4, -0.2) is 30.0 Å². The van der Waals surface area contributed by atoms with E-state index in [-0.39, 0.29) is 5.41 Å². The molecule has 0 aliphatic heterocycles. The van der Waals surface area contributed by atoms with E-state index >= 15 is 0 Å². The molecule has 0 bridgehead atoms. The largest absolute Gasteiger partial charge is 0.330 e. The maximum absolute atomic E-state index is 6.06. The van der Waals surface area contributed by atoms with E-state index in [9.17, 15) is 0 Å². The maximum Gasteiger partial charge on any atom is 0.0547 e. The molecule has 2 N–H and O–H groups in total. The van der Waals surface area contributed by atoms with E-state index in [1.807, 2.05) is 19.1 Å². The standard InChI is InChI=1S/C18H25N3/c1-15-8-7-11-17(20-15)12-21(3)14-18(2,13-19)16-9-5-4-6-10-16/h4-11H,12-14,19H2,1-3H3. The Morgan fingerprint density at radius 1 is 1.10 bits per heavy atom. The predicted molar refractivity (Wildman–Crippen MR) is 88.2 cm³/mol. The summed E-state index contributed by atoms with van der Waals surface area (Å²) in [6.07, 6.45) is 0. The number of aromatic nitrogens is 1. The molecule has 1 atom stereocenters. The number of benzene rings is 1. The van der Waals surface area contributed by atoms with Gasteiger partial charge in [-0.25, -0.2) is 0 Å². The second-order valence-corrected chi connectivity index (χ2v) is 6.07. The van der Waals surface area contributed by atoms with Crippen molar-refractivity contribution in [2.45, 2.75) is 25.8 Å². The first kappa shape index (κ1) is 15.7. The molecule has 1 aromatic carbocycles. The molecule has 1 unspecified atom stereocenters. The highest BCUT2D eigenvalue weighted by Gasteiger charge is 2.26. The summed E-state index contributed by atoms with van der Waals surface area (Å²) < 4.78 is 0. The number of nitrogens with two attached hydrogens (primary N) is 1. The van der Waals surface area contributed by atoms with Gasteiger partial charge < -0.3 is 5.73 Å². The quantitative estimate of drug-likeness (QED) is 0.886. The summed E-state index contributed by atoms with van der Waals surface area (Å²) in [6.45, 7) is 6.62. The Morgan fingerprint density at radius 2 is 1.81 bits per heavy atom. The van der Waals surface area contributed by atoms with Crippen molar-refractivity contribution in [1.29, 1.82) is 0 Å². The highest BCUT2D eigenvalue weighted by molar-refractivity contribution is 5.25. The molecule has 0 amide bonds. The van der Waals surface area contributed by atoms with E-state index in [2.05, 4.69) is 60.3 Å². The number of hydrogen-bond acceptors (Lipinski definition) is 3. The molecule has 0 aliphatic carbocycles. The van der Waals surface area contributed by atoms with Gasteiger partial charge in [-0.2, -0.15) is 0 Å². The maximum atomic E-state index is 6.06. The highest BCUT2D eigenvalue weighted by atomic mass is 15.1. The first-order valence-electron chi connectivity index (χ1n) is 7.40. The van der Waals surface area contributed by atoms with Gasteiger partial charge in [0.15, 0.2) is 0 Å². The molecular weight excluding hydrogens is 258 g/mol. The van der Waals surface area contributed by atoms with Crippen LogP contribution in [0.1, 0.15) is 23.9 Å². The van der Waals surface area contributed by atoms with Gasteiger partial charge in [-0.15, -0.1) is 0 Å². The minimum Gasteiger partial charge on any atom is -0.330 e. The monoisotopic (exact) mass is 283 g/mol. The Kier molecular flexibility index (Phi) is 5.10. The normalized spacial score (nSPS) is 14.1. The van der Waals surface area contributed by atoms with Crippen LogP contribution in [0.2, 0.25) is 0 Å². The van der Waals surface area contributed by atoms with Crippen molar-refractivity contribution in [3.63, 3.8) is 0 Å². The Balaban J connectivity index is 2.08. The topological polar surface area (TPSA) is 42.1 Å². The number of pyridine rings is 1. The van der Waals surface area contributed by atoms with Gasteiger partial charge in [0.2, 0.25) is 0 Å². The molecule has 0 saturated carbocycles. The molecule has 0 fully saturated rings. The molecule has 1 heterocycles. The molecule has 2 rings (SSSR count). The second-order valence-electron chi connectivity index (χ2n) is 6.07. The van der Waals surface area contributed by atoms with Crippen LogP contribution in [0, 0.1) is 6.92 Å². The number of hydrogen-bond donors (Lipinski definition) is 1. The summed E-state index contributed by atoms with van der Waals surface area (Å²) in [5.41, 5.74) is 9.47. The van der Waals surface area contributed by atoms with Gasteiger partial charge in [-0.05, 0) is 31.7 Å². The SMILES string of the molecule is Cc1cccc(CN(C)CC(C)(CN)c2ccccc2)n1. The van der Waals surface area contributed by atoms with Gasteiger partial charge in [-0.1, -0.05) is 43.3 Å². The lowest BCUT2D eigenvalue weighted by Crippen LogP contribution is -2.42. The molecular formula is C18H25N3. The van der Waals surface area contributed by atoms with E-state index in [0.29, 0.717) is 6.54 Å². The Bertz CT molecular complexity index is 568. The van der Waals surface area contributed by atoms with E-state index in [0.717, 1.165) is 24.5 Å². The smallest absolute Gasteiger partial charge is 0.0547 e. The van der Waals surface area contributed by atoms with Gasteiger partial charge in [0.1, 0.15) is 0 Å². The number of nitrogens with zero attached hydrogens (tertiary/aromatic N) is 2. The molecule has 112 valence electrons. The van der Waals surface area contributed by atoms with Crippen molar-refractivity contribution < 1.29 is 0 Å². The van der Waals surface area contributed by atoms with Crippen LogP contribution in [0.15, 0.2) is 48.5 Å². The Morgan fingerprint density at radius 3 is 2.43 bits per heavy atom. The van der Waals surface area contributed by atoms with Gasteiger partial charge in [0.25, 0.3) is 0 Å². The summed E-state index contributed by atoms with van der Waals surface area (Å²) in [4.78, 5) is 6.86. The lowest BCUT2D eigenvalue weighted by Gasteiger charge is -2.33. The highest BCUT2D eigenvalue weighted by Crippen LogP contribution is 2.23. The molecule has 3 heteroatoms. The summed E-state index contributed by atoms with van der Waals surface area (Å²) in [6, 6.07) is 16.7. The van der Waals surface area contributed by atoms with Crippen LogP contribution >= 0.6 is 0 Å². The van der Waals surface area contributed by atoms with Crippen LogP contribution in [0.3, 0.4) is 0 Å². The van der Waals surface area contributed by atoms with E-state index in [1.165, 1.54) is 5.56 Å². The zero-order valence-electron chi connectivity index (χ0n) is 13.2. The third-order valence-electron chi connectivity index (χ3n) is 3.92. The number of likely N-dealkylation sites (N-methyl/N-ethyl adjacent to an activating group) is 1. The fourth-order valence-electron chi connectivity index (χ4n) is 2.73. The lowest BCUT2D eigenvalue weighted by molar-refractivity contribution is 0.250. The van der Waals surface area contributed by atoms with Crippen molar-refractivity contribution in [1.82, 2.24) is 9.88 Å². The minimum atomic E-state index is -0.0418. The van der Waals surface area contributed by atoms with Crippen LogP contribution in [0.4, 0.5) is 0 Å². The predicted octanol–water partition coefficient (Wildman–Crippen LogP) is 2.74. The van der Waals surface area contributed by atoms with Gasteiger partial charge in [0.05, 0.1) is 5.69 Å². The van der Waals surface area contributed by atoms with Crippen LogP contribution in [-0.2, 0) is 12.0 Å². The van der Waals surface area contributed by atoms with Crippen molar-refractivity contribution in [3.05, 3.63) is 65.5 Å². The summed E-state index contributed by atoms with van der Waals surface area (Å²) in [5, 5.41) is 0.